The molecule has 0 saturated carbocycles. The Morgan fingerprint density at radius 3 is 2.15 bits per heavy atom. The molecule has 1 rings (SSSR count). The summed E-state index contributed by atoms with van der Waals surface area (Å²) in [5.41, 5.74) is 19.2. The largest absolute Gasteiger partial charge is 0.495 e. The summed E-state index contributed by atoms with van der Waals surface area (Å²) < 4.78 is 6.14. The standard InChI is InChI=1S/C15H29N4O/c1-19(9-3-7-16,10-4-8-17)12-13-5-6-15(20-2)14(18)11-13/h5-6,11H,3-4,7-10,12,16-18H2,1-2H3/q+1. The Kier molecular flexibility index (Phi) is 6.78. The van der Waals surface area contributed by atoms with Gasteiger partial charge >= 0.3 is 0 Å². The van der Waals surface area contributed by atoms with Crippen molar-refractivity contribution in [3.63, 3.8) is 0 Å². The van der Waals surface area contributed by atoms with Crippen molar-refractivity contribution in [2.45, 2.75) is 19.4 Å². The van der Waals surface area contributed by atoms with Gasteiger partial charge in [0.1, 0.15) is 12.3 Å². The number of hydrogen-bond donors (Lipinski definition) is 3. The highest BCUT2D eigenvalue weighted by Crippen LogP contribution is 2.24. The lowest BCUT2D eigenvalue weighted by atomic mass is 10.1. The summed E-state index contributed by atoms with van der Waals surface area (Å²) in [4.78, 5) is 0. The van der Waals surface area contributed by atoms with E-state index >= 15 is 0 Å². The van der Waals surface area contributed by atoms with E-state index in [0.717, 1.165) is 55.8 Å². The lowest BCUT2D eigenvalue weighted by molar-refractivity contribution is -0.922. The maximum Gasteiger partial charge on any atom is 0.141 e. The van der Waals surface area contributed by atoms with Crippen LogP contribution in [0.1, 0.15) is 18.4 Å². The van der Waals surface area contributed by atoms with E-state index in [-0.39, 0.29) is 0 Å². The molecule has 5 heteroatoms. The summed E-state index contributed by atoms with van der Waals surface area (Å²) in [7, 11) is 3.89. The number of nitrogen functional groups attached to an aromatic ring is 1. The first-order chi connectivity index (χ1) is 9.54. The summed E-state index contributed by atoms with van der Waals surface area (Å²) in [6, 6.07) is 6.01. The van der Waals surface area contributed by atoms with E-state index in [1.54, 1.807) is 7.11 Å². The van der Waals surface area contributed by atoms with E-state index in [4.69, 9.17) is 21.9 Å². The molecule has 0 unspecified atom stereocenters. The van der Waals surface area contributed by atoms with Crippen molar-refractivity contribution < 1.29 is 9.22 Å². The van der Waals surface area contributed by atoms with Gasteiger partial charge < -0.3 is 26.4 Å². The molecule has 1 aromatic carbocycles. The van der Waals surface area contributed by atoms with Gasteiger partial charge in [-0.2, -0.15) is 0 Å². The van der Waals surface area contributed by atoms with Gasteiger partial charge in [0.05, 0.1) is 32.9 Å². The fraction of sp³-hybridized carbons (Fsp3) is 0.600. The second-order valence-electron chi connectivity index (χ2n) is 5.59. The third-order valence-corrected chi connectivity index (χ3v) is 3.66. The van der Waals surface area contributed by atoms with Gasteiger partial charge in [0, 0.05) is 18.4 Å². The van der Waals surface area contributed by atoms with Gasteiger partial charge in [-0.1, -0.05) is 0 Å². The number of benzene rings is 1. The molecule has 0 radical (unpaired) electrons. The highest BCUT2D eigenvalue weighted by Gasteiger charge is 2.21. The molecule has 0 amide bonds. The van der Waals surface area contributed by atoms with Gasteiger partial charge in [0.2, 0.25) is 0 Å². The number of hydrogen-bond acceptors (Lipinski definition) is 4. The molecule has 20 heavy (non-hydrogen) atoms. The van der Waals surface area contributed by atoms with Crippen molar-refractivity contribution in [2.24, 2.45) is 11.5 Å². The maximum atomic E-state index is 5.98. The third kappa shape index (κ3) is 5.00. The summed E-state index contributed by atoms with van der Waals surface area (Å²) in [6.07, 6.45) is 2.04. The van der Waals surface area contributed by atoms with Gasteiger partial charge in [0.15, 0.2) is 0 Å². The Morgan fingerprint density at radius 1 is 1.10 bits per heavy atom. The highest BCUT2D eigenvalue weighted by atomic mass is 16.5. The predicted octanol–water partition coefficient (Wildman–Crippen LogP) is 0.922. The minimum Gasteiger partial charge on any atom is -0.495 e. The number of nitrogens with two attached hydrogens (primary N) is 3. The van der Waals surface area contributed by atoms with Crippen molar-refractivity contribution in [2.75, 3.05) is 46.1 Å². The van der Waals surface area contributed by atoms with Crippen LogP contribution in [0.5, 0.6) is 5.75 Å². The average molecular weight is 281 g/mol. The van der Waals surface area contributed by atoms with Gasteiger partial charge in [-0.25, -0.2) is 0 Å². The lowest BCUT2D eigenvalue weighted by Gasteiger charge is -2.35. The molecule has 0 aliphatic heterocycles. The SMILES string of the molecule is COc1ccc(C[N+](C)(CCCN)CCCN)cc1N. The number of methoxy groups -OCH3 is 1. The van der Waals surface area contributed by atoms with E-state index in [1.807, 2.05) is 12.1 Å². The zero-order valence-corrected chi connectivity index (χ0v) is 12.8. The molecular formula is C15H29N4O+. The molecule has 0 fully saturated rings. The van der Waals surface area contributed by atoms with Gasteiger partial charge in [0.25, 0.3) is 0 Å². The van der Waals surface area contributed by atoms with Crippen molar-refractivity contribution in [1.82, 2.24) is 0 Å². The Balaban J connectivity index is 2.79. The van der Waals surface area contributed by atoms with Crippen LogP contribution in [0, 0.1) is 0 Å². The summed E-state index contributed by atoms with van der Waals surface area (Å²) in [5, 5.41) is 0. The summed E-state index contributed by atoms with van der Waals surface area (Å²) in [5.74, 6) is 0.729. The smallest absolute Gasteiger partial charge is 0.141 e. The molecule has 6 N–H and O–H groups in total. The van der Waals surface area contributed by atoms with E-state index in [1.165, 1.54) is 5.56 Å². The van der Waals surface area contributed by atoms with Crippen LogP contribution in [0.25, 0.3) is 0 Å². The predicted molar refractivity (Wildman–Crippen MR) is 84.4 cm³/mol. The van der Waals surface area contributed by atoms with E-state index in [2.05, 4.69) is 13.1 Å². The van der Waals surface area contributed by atoms with Gasteiger partial charge in [-0.3, -0.25) is 0 Å². The summed E-state index contributed by atoms with van der Waals surface area (Å²) in [6.45, 7) is 4.50. The van der Waals surface area contributed by atoms with E-state index in [9.17, 15) is 0 Å². The van der Waals surface area contributed by atoms with Crippen LogP contribution in [0.15, 0.2) is 18.2 Å². The van der Waals surface area contributed by atoms with Gasteiger partial charge in [-0.05, 0) is 31.3 Å². The minimum atomic E-state index is 0.689. The first-order valence-corrected chi connectivity index (χ1v) is 7.21. The average Bonchev–Trinajstić information content (AvgIpc) is 2.43. The van der Waals surface area contributed by atoms with Crippen LogP contribution in [-0.2, 0) is 6.54 Å². The van der Waals surface area contributed by atoms with E-state index < -0.39 is 0 Å². The Morgan fingerprint density at radius 2 is 1.70 bits per heavy atom. The topological polar surface area (TPSA) is 87.3 Å². The van der Waals surface area contributed by atoms with Crippen molar-refractivity contribution >= 4 is 5.69 Å². The van der Waals surface area contributed by atoms with Crippen LogP contribution in [0.4, 0.5) is 5.69 Å². The molecule has 0 bridgehead atoms. The maximum absolute atomic E-state index is 5.98. The quantitative estimate of drug-likeness (QED) is 0.464. The minimum absolute atomic E-state index is 0.689. The van der Waals surface area contributed by atoms with Crippen LogP contribution in [0.2, 0.25) is 0 Å². The first-order valence-electron chi connectivity index (χ1n) is 7.21. The van der Waals surface area contributed by atoms with Crippen molar-refractivity contribution in [3.8, 4) is 5.75 Å². The number of rotatable bonds is 9. The third-order valence-electron chi connectivity index (χ3n) is 3.66. The fourth-order valence-electron chi connectivity index (χ4n) is 2.54. The fourth-order valence-corrected chi connectivity index (χ4v) is 2.54. The second kappa shape index (κ2) is 8.09. The molecular weight excluding hydrogens is 252 g/mol. The number of ether oxygens (including phenoxy) is 1. The monoisotopic (exact) mass is 281 g/mol. The zero-order valence-electron chi connectivity index (χ0n) is 12.8. The highest BCUT2D eigenvalue weighted by molar-refractivity contribution is 5.54. The van der Waals surface area contributed by atoms with Crippen LogP contribution in [0.3, 0.4) is 0 Å². The molecule has 0 heterocycles. The molecule has 5 nitrogen and oxygen atoms in total. The van der Waals surface area contributed by atoms with Crippen molar-refractivity contribution in [3.05, 3.63) is 23.8 Å². The molecule has 0 aliphatic rings. The van der Waals surface area contributed by atoms with Crippen molar-refractivity contribution in [1.29, 1.82) is 0 Å². The molecule has 1 aromatic rings. The van der Waals surface area contributed by atoms with Crippen LogP contribution in [-0.4, -0.2) is 44.8 Å². The Labute approximate surface area is 122 Å². The number of nitrogens with zero attached hydrogens (tertiary/aromatic N) is 1. The molecule has 114 valence electrons. The molecule has 0 spiro atoms. The van der Waals surface area contributed by atoms with Crippen LogP contribution < -0.4 is 21.9 Å². The first kappa shape index (κ1) is 16.8. The Bertz CT molecular complexity index is 401. The Hall–Kier alpha value is -1.30. The van der Waals surface area contributed by atoms with E-state index in [0.29, 0.717) is 5.69 Å². The lowest BCUT2D eigenvalue weighted by Crippen LogP contribution is -2.46. The molecule has 0 aromatic heterocycles. The van der Waals surface area contributed by atoms with Gasteiger partial charge in [-0.15, -0.1) is 0 Å². The number of quaternary nitrogens is 1. The zero-order chi connectivity index (χ0) is 15.0. The van der Waals surface area contributed by atoms with Crippen LogP contribution >= 0.6 is 0 Å². The normalized spacial score (nSPS) is 11.6. The summed E-state index contributed by atoms with van der Waals surface area (Å²) >= 11 is 0. The number of anilines is 1. The second-order valence-corrected chi connectivity index (χ2v) is 5.59. The molecule has 0 saturated heterocycles. The molecule has 0 aliphatic carbocycles. The molecule has 0 atom stereocenters.